The van der Waals surface area contributed by atoms with Crippen molar-refractivity contribution in [1.29, 1.82) is 0 Å². The highest BCUT2D eigenvalue weighted by Crippen LogP contribution is 2.37. The molecule has 2 saturated heterocycles. The lowest BCUT2D eigenvalue weighted by Gasteiger charge is -2.24. The van der Waals surface area contributed by atoms with E-state index in [4.69, 9.17) is 42.1 Å². The lowest BCUT2D eigenvalue weighted by Crippen LogP contribution is -2.45. The number of benzene rings is 2. The van der Waals surface area contributed by atoms with Crippen LogP contribution in [0.5, 0.6) is 0 Å². The fourth-order valence-corrected chi connectivity index (χ4v) is 3.58. The Hall–Kier alpha value is -1.22. The van der Waals surface area contributed by atoms with E-state index in [2.05, 4.69) is 0 Å². The summed E-state index contributed by atoms with van der Waals surface area (Å²) in [5, 5.41) is 21.7. The second-order valence-corrected chi connectivity index (χ2v) is 7.60. The molecule has 0 amide bonds. The number of rotatable bonds is 5. The van der Waals surface area contributed by atoms with Crippen LogP contribution in [0.25, 0.3) is 0 Å². The highest BCUT2D eigenvalue weighted by molar-refractivity contribution is 6.30. The van der Waals surface area contributed by atoms with Gasteiger partial charge in [-0.05, 0) is 24.3 Å². The molecule has 0 aliphatic carbocycles. The Kier molecular flexibility index (Phi) is 6.20. The van der Waals surface area contributed by atoms with E-state index in [-0.39, 0.29) is 13.2 Å². The van der Waals surface area contributed by atoms with Gasteiger partial charge in [0.1, 0.15) is 24.4 Å². The summed E-state index contributed by atoms with van der Waals surface area (Å²) in [5.41, 5.74) is 1.56. The molecular formula is C20H20Cl2O6. The Morgan fingerprint density at radius 1 is 0.857 bits per heavy atom. The van der Waals surface area contributed by atoms with Crippen LogP contribution in [0.15, 0.2) is 48.5 Å². The molecule has 4 rings (SSSR count). The Morgan fingerprint density at radius 2 is 1.43 bits per heavy atom. The summed E-state index contributed by atoms with van der Waals surface area (Å²) < 4.78 is 23.2. The van der Waals surface area contributed by atoms with Gasteiger partial charge in [-0.3, -0.25) is 0 Å². The average Bonchev–Trinajstić information content (AvgIpc) is 3.36. The van der Waals surface area contributed by atoms with Crippen LogP contribution in [0.3, 0.4) is 0 Å². The van der Waals surface area contributed by atoms with Crippen LogP contribution in [0.2, 0.25) is 10.0 Å². The van der Waals surface area contributed by atoms with E-state index in [1.54, 1.807) is 36.4 Å². The molecule has 6 nitrogen and oxygen atoms in total. The van der Waals surface area contributed by atoms with Crippen LogP contribution in [0, 0.1) is 0 Å². The zero-order valence-corrected chi connectivity index (χ0v) is 16.3. The maximum atomic E-state index is 10.8. The van der Waals surface area contributed by atoms with Crippen molar-refractivity contribution in [2.75, 3.05) is 13.2 Å². The molecule has 0 bridgehead atoms. The molecule has 0 aromatic heterocycles. The minimum absolute atomic E-state index is 0.193. The van der Waals surface area contributed by atoms with Crippen LogP contribution < -0.4 is 0 Å². The molecule has 2 aromatic carbocycles. The normalized spacial score (nSPS) is 31.2. The Labute approximate surface area is 172 Å². The number of hydrogen-bond donors (Lipinski definition) is 2. The van der Waals surface area contributed by atoms with Gasteiger partial charge in [-0.2, -0.15) is 0 Å². The fraction of sp³-hybridized carbons (Fsp3) is 0.400. The molecule has 2 fully saturated rings. The summed E-state index contributed by atoms with van der Waals surface area (Å²) in [6.07, 6.45) is -4.40. The predicted octanol–water partition coefficient (Wildman–Crippen LogP) is 3.24. The zero-order valence-electron chi connectivity index (χ0n) is 14.8. The van der Waals surface area contributed by atoms with E-state index in [1.165, 1.54) is 0 Å². The topological polar surface area (TPSA) is 77.4 Å². The highest BCUT2D eigenvalue weighted by atomic mass is 35.5. The summed E-state index contributed by atoms with van der Waals surface area (Å²) in [6, 6.07) is 14.1. The van der Waals surface area contributed by atoms with Gasteiger partial charge in [-0.15, -0.1) is 0 Å². The Bertz CT molecular complexity index is 784. The number of aliphatic hydroxyl groups is 2. The smallest absolute Gasteiger partial charge is 0.184 e. The van der Waals surface area contributed by atoms with Gasteiger partial charge in [0, 0.05) is 21.2 Å². The molecule has 2 N–H and O–H groups in total. The zero-order chi connectivity index (χ0) is 19.7. The number of ether oxygens (including phenoxy) is 4. The van der Waals surface area contributed by atoms with E-state index in [1.807, 2.05) is 12.1 Å². The lowest BCUT2D eigenvalue weighted by atomic mass is 10.0. The third kappa shape index (κ3) is 4.20. The molecule has 0 spiro atoms. The van der Waals surface area contributed by atoms with Crippen LogP contribution in [-0.2, 0) is 18.9 Å². The van der Waals surface area contributed by atoms with Crippen molar-refractivity contribution < 1.29 is 29.2 Å². The molecule has 150 valence electrons. The lowest BCUT2D eigenvalue weighted by molar-refractivity contribution is -0.125. The van der Waals surface area contributed by atoms with E-state index in [0.717, 1.165) is 11.1 Å². The third-order valence-corrected chi connectivity index (χ3v) is 5.34. The SMILES string of the molecule is OC[C@H]1OC(c2ccc(Cl)cc2)O[C@@H]1[C@@H](O)[C@@H]1COC(c2ccc(Cl)cc2)O1. The maximum absolute atomic E-state index is 10.8. The third-order valence-electron chi connectivity index (χ3n) is 4.84. The Morgan fingerprint density at radius 3 is 2.00 bits per heavy atom. The summed E-state index contributed by atoms with van der Waals surface area (Å²) >= 11 is 11.8. The van der Waals surface area contributed by atoms with Gasteiger partial charge in [0.05, 0.1) is 13.2 Å². The number of hydrogen-bond acceptors (Lipinski definition) is 6. The van der Waals surface area contributed by atoms with Crippen molar-refractivity contribution in [3.05, 3.63) is 69.7 Å². The van der Waals surface area contributed by atoms with Crippen molar-refractivity contribution in [3.63, 3.8) is 0 Å². The van der Waals surface area contributed by atoms with Crippen molar-refractivity contribution >= 4 is 23.2 Å². The van der Waals surface area contributed by atoms with Gasteiger partial charge >= 0.3 is 0 Å². The molecule has 2 heterocycles. The van der Waals surface area contributed by atoms with Crippen molar-refractivity contribution in [2.24, 2.45) is 0 Å². The van der Waals surface area contributed by atoms with Crippen molar-refractivity contribution in [1.82, 2.24) is 0 Å². The largest absolute Gasteiger partial charge is 0.394 e. The monoisotopic (exact) mass is 426 g/mol. The summed E-state index contributed by atoms with van der Waals surface area (Å²) in [4.78, 5) is 0. The minimum atomic E-state index is -1.04. The summed E-state index contributed by atoms with van der Waals surface area (Å²) in [6.45, 7) is -0.0991. The van der Waals surface area contributed by atoms with Crippen LogP contribution >= 0.6 is 23.2 Å². The van der Waals surface area contributed by atoms with Crippen molar-refractivity contribution in [3.8, 4) is 0 Å². The molecule has 6 atom stereocenters. The van der Waals surface area contributed by atoms with Gasteiger partial charge in [0.25, 0.3) is 0 Å². The summed E-state index contributed by atoms with van der Waals surface area (Å²) in [5.74, 6) is 0. The molecule has 2 aliphatic rings. The molecule has 0 radical (unpaired) electrons. The van der Waals surface area contributed by atoms with E-state index in [9.17, 15) is 10.2 Å². The summed E-state index contributed by atoms with van der Waals surface area (Å²) in [7, 11) is 0. The minimum Gasteiger partial charge on any atom is -0.394 e. The first-order chi connectivity index (χ1) is 13.5. The quantitative estimate of drug-likeness (QED) is 0.763. The van der Waals surface area contributed by atoms with Crippen LogP contribution in [0.4, 0.5) is 0 Å². The van der Waals surface area contributed by atoms with Crippen molar-refractivity contribution in [2.45, 2.75) is 37.0 Å². The maximum Gasteiger partial charge on any atom is 0.184 e. The fourth-order valence-electron chi connectivity index (χ4n) is 3.33. The molecule has 0 saturated carbocycles. The van der Waals surface area contributed by atoms with E-state index >= 15 is 0 Å². The van der Waals surface area contributed by atoms with Crippen LogP contribution in [0.1, 0.15) is 23.7 Å². The first-order valence-electron chi connectivity index (χ1n) is 8.93. The number of aliphatic hydroxyl groups excluding tert-OH is 2. The number of halogens is 2. The average molecular weight is 427 g/mol. The first kappa shape index (κ1) is 20.1. The van der Waals surface area contributed by atoms with Gasteiger partial charge < -0.3 is 29.2 Å². The van der Waals surface area contributed by atoms with Gasteiger partial charge in [0.15, 0.2) is 12.6 Å². The molecular weight excluding hydrogens is 407 g/mol. The van der Waals surface area contributed by atoms with Gasteiger partial charge in [-0.1, -0.05) is 47.5 Å². The second kappa shape index (κ2) is 8.65. The molecule has 2 unspecified atom stereocenters. The van der Waals surface area contributed by atoms with E-state index in [0.29, 0.717) is 10.0 Å². The highest BCUT2D eigenvalue weighted by Gasteiger charge is 2.46. The molecule has 28 heavy (non-hydrogen) atoms. The molecule has 2 aliphatic heterocycles. The van der Waals surface area contributed by atoms with Gasteiger partial charge in [0.2, 0.25) is 0 Å². The van der Waals surface area contributed by atoms with Gasteiger partial charge in [-0.25, -0.2) is 0 Å². The van der Waals surface area contributed by atoms with E-state index < -0.39 is 37.0 Å². The molecule has 8 heteroatoms. The predicted molar refractivity (Wildman–Crippen MR) is 102 cm³/mol. The second-order valence-electron chi connectivity index (χ2n) is 6.72. The molecule has 2 aromatic rings. The standard InChI is InChI=1S/C20H20Cl2O6/c21-13-5-1-11(2-6-13)19-25-10-16(27-19)17(24)18-15(9-23)26-20(28-18)12-3-7-14(22)8-4-12/h1-8,15-20,23-24H,9-10H2/t15-,16+,17+,18+,19?,20?/m1/s1. The first-order valence-corrected chi connectivity index (χ1v) is 9.68. The van der Waals surface area contributed by atoms with Crippen LogP contribution in [-0.4, -0.2) is 47.8 Å². The Balaban J connectivity index is 1.42.